The molecule has 3 heterocycles. The average molecular weight is 1060 g/mol. The highest BCUT2D eigenvalue weighted by Crippen LogP contribution is 2.41. The Labute approximate surface area is 432 Å². The Morgan fingerprint density at radius 3 is 1.88 bits per heavy atom. The van der Waals surface area contributed by atoms with E-state index in [0.717, 1.165) is 12.8 Å². The molecule has 3 aliphatic heterocycles. The number of carbonyl (C=O) groups is 3. The molecule has 72 heavy (non-hydrogen) atoms. The van der Waals surface area contributed by atoms with Gasteiger partial charge in [0.1, 0.15) is 23.6 Å². The number of hydrogen-bond acceptors (Lipinski definition) is 18. The van der Waals surface area contributed by atoms with Crippen molar-refractivity contribution in [1.82, 2.24) is 4.90 Å². The molecule has 0 spiro atoms. The van der Waals surface area contributed by atoms with Crippen molar-refractivity contribution >= 4 is 28.1 Å². The van der Waals surface area contributed by atoms with Crippen LogP contribution in [0.2, 0.25) is 0 Å². The molecule has 3 rings (SSSR count). The van der Waals surface area contributed by atoms with Crippen molar-refractivity contribution in [3.8, 4) is 0 Å². The van der Waals surface area contributed by atoms with Gasteiger partial charge in [0, 0.05) is 37.7 Å². The van der Waals surface area contributed by atoms with E-state index in [2.05, 4.69) is 11.1 Å². The Morgan fingerprint density at radius 1 is 0.792 bits per heavy atom. The van der Waals surface area contributed by atoms with E-state index in [9.17, 15) is 43.2 Å². The molecule has 424 valence electrons. The van der Waals surface area contributed by atoms with Crippen LogP contribution in [0.25, 0.3) is 0 Å². The molecule has 0 radical (unpaired) electrons. The van der Waals surface area contributed by atoms with Crippen molar-refractivity contribution in [3.63, 3.8) is 0 Å². The highest BCUT2D eigenvalue weighted by atomic mass is 32.3. The Morgan fingerprint density at radius 2 is 1.36 bits per heavy atom. The normalized spacial score (nSPS) is 38.6. The van der Waals surface area contributed by atoms with Crippen molar-refractivity contribution in [3.05, 3.63) is 0 Å². The summed E-state index contributed by atoms with van der Waals surface area (Å²) in [5, 5.41) is 46.6. The van der Waals surface area contributed by atoms with Gasteiger partial charge in [0.2, 0.25) is 0 Å². The van der Waals surface area contributed by atoms with Gasteiger partial charge in [-0.2, -0.15) is 8.42 Å². The lowest BCUT2D eigenvalue weighted by Crippen LogP contribution is -2.61. The van der Waals surface area contributed by atoms with E-state index < -0.39 is 124 Å². The number of likely N-dealkylation sites (N-methyl/N-ethyl adjacent to an activating group) is 1. The van der Waals surface area contributed by atoms with Crippen LogP contribution >= 0.6 is 0 Å². The minimum absolute atomic E-state index is 0.0760. The summed E-state index contributed by atoms with van der Waals surface area (Å²) >= 11 is 0. The molecule has 3 saturated heterocycles. The number of methoxy groups -OCH3 is 1. The number of aliphatic hydroxyl groups excluding tert-OH is 2. The maximum absolute atomic E-state index is 14.2. The molecule has 0 bridgehead atoms. The van der Waals surface area contributed by atoms with Gasteiger partial charge < -0.3 is 58.5 Å². The third-order valence-corrected chi connectivity index (χ3v) is 15.5. The van der Waals surface area contributed by atoms with Crippen molar-refractivity contribution in [2.75, 3.05) is 27.8 Å². The van der Waals surface area contributed by atoms with E-state index in [1.807, 2.05) is 25.9 Å². The molecule has 3 fully saturated rings. The minimum atomic E-state index is -4.23. The molecule has 18 unspecified atom stereocenters. The number of ketones is 1. The van der Waals surface area contributed by atoms with Crippen molar-refractivity contribution in [1.29, 1.82) is 0 Å². The fraction of sp³-hybridized carbons (Fsp3) is 0.942. The Bertz CT molecular complexity index is 1730. The molecule has 3 aliphatic rings. The number of rotatable bonds is 21. The topological polar surface area (TPSA) is 264 Å². The van der Waals surface area contributed by atoms with Gasteiger partial charge in [-0.25, -0.2) is 4.18 Å². The van der Waals surface area contributed by atoms with E-state index in [4.69, 9.17) is 37.7 Å². The van der Waals surface area contributed by atoms with Crippen LogP contribution in [0.3, 0.4) is 0 Å². The zero-order valence-electron chi connectivity index (χ0n) is 46.4. The molecule has 19 nitrogen and oxygen atoms in total. The first-order chi connectivity index (χ1) is 33.4. The van der Waals surface area contributed by atoms with Crippen molar-refractivity contribution in [2.45, 2.75) is 264 Å². The number of hydrogen-bond donors (Lipinski definition) is 5. The van der Waals surface area contributed by atoms with E-state index >= 15 is 0 Å². The Balaban J connectivity index is 0.000000887. The van der Waals surface area contributed by atoms with Gasteiger partial charge in [0.05, 0.1) is 60.3 Å². The van der Waals surface area contributed by atoms with Crippen LogP contribution in [0.4, 0.5) is 0 Å². The molecule has 0 aliphatic carbocycles. The first-order valence-electron chi connectivity index (χ1n) is 26.6. The summed E-state index contributed by atoms with van der Waals surface area (Å²) in [6.07, 6.45) is 2.17. The highest BCUT2D eigenvalue weighted by Gasteiger charge is 2.54. The number of ether oxygens (including phenoxy) is 7. The molecule has 20 heteroatoms. The Kier molecular flexibility index (Phi) is 27.7. The van der Waals surface area contributed by atoms with Crippen LogP contribution in [0.5, 0.6) is 0 Å². The monoisotopic (exact) mass is 1060 g/mol. The zero-order valence-corrected chi connectivity index (χ0v) is 47.2. The zero-order chi connectivity index (χ0) is 54.9. The number of aliphatic hydroxyl groups is 4. The van der Waals surface area contributed by atoms with Crippen LogP contribution in [0.1, 0.15) is 179 Å². The molecule has 0 aromatic rings. The number of nitrogens with zero attached hydrogens (tertiary/aromatic N) is 1. The van der Waals surface area contributed by atoms with Crippen molar-refractivity contribution in [2.24, 2.45) is 23.7 Å². The lowest BCUT2D eigenvalue weighted by atomic mass is 9.74. The maximum atomic E-state index is 14.2. The van der Waals surface area contributed by atoms with Gasteiger partial charge >= 0.3 is 22.3 Å². The van der Waals surface area contributed by atoms with Gasteiger partial charge in [0.25, 0.3) is 0 Å². The van der Waals surface area contributed by atoms with Gasteiger partial charge in [-0.3, -0.25) is 18.9 Å². The second-order valence-electron chi connectivity index (χ2n) is 21.7. The summed E-state index contributed by atoms with van der Waals surface area (Å²) in [7, 11) is 0.973. The number of esters is 2. The first kappa shape index (κ1) is 66.2. The lowest BCUT2D eigenvalue weighted by Gasteiger charge is -2.49. The number of cyclic esters (lactones) is 1. The van der Waals surface area contributed by atoms with Gasteiger partial charge in [-0.15, -0.1) is 0 Å². The Hall–Kier alpha value is -1.92. The van der Waals surface area contributed by atoms with Crippen LogP contribution < -0.4 is 0 Å². The van der Waals surface area contributed by atoms with Crippen LogP contribution in [-0.4, -0.2) is 168 Å². The van der Waals surface area contributed by atoms with Crippen LogP contribution in [0, 0.1) is 23.7 Å². The van der Waals surface area contributed by atoms with Crippen molar-refractivity contribution < 1.29 is 85.1 Å². The lowest BCUT2D eigenvalue weighted by molar-refractivity contribution is -0.319. The van der Waals surface area contributed by atoms with Crippen LogP contribution in [0.15, 0.2) is 0 Å². The van der Waals surface area contributed by atoms with E-state index in [1.54, 1.807) is 48.5 Å². The largest absolute Gasteiger partial charge is 0.459 e. The standard InChI is InChI=1S/C40H71NO14.C12H26O4S/c1-15-27-40(11,48)33(44)22(5)30(43)20(3)18-38(9,47)35(55-37-32(53-28(42)16-2)26(41(12)13)17-21(4)50-37)23(6)31(24(7)36(46)52-27)54-29-19-39(10,49-14)34(45)25(8)51-29;1-2-3-4-5-6-7-8-9-10-11-12-16-17(13,14)15/h20-27,29,31-35,37,44-45,47-48H,15-19H2,1-14H3;2-12H2,1H3,(H,13,14,15). The third kappa shape index (κ3) is 19.6. The summed E-state index contributed by atoms with van der Waals surface area (Å²) in [6, 6.07) is -0.319. The molecule has 0 amide bonds. The summed E-state index contributed by atoms with van der Waals surface area (Å²) in [5.41, 5.74) is -4.92. The molecule has 0 aromatic heterocycles. The number of Topliss-reactive ketones (excluding diaryl/α,β-unsaturated/α-hetero) is 1. The fourth-order valence-electron chi connectivity index (χ4n) is 10.5. The van der Waals surface area contributed by atoms with E-state index in [-0.39, 0.29) is 44.4 Å². The van der Waals surface area contributed by atoms with Gasteiger partial charge in [-0.1, -0.05) is 99.3 Å². The SMILES string of the molecule is CCC(=O)OC1C(OC2C(C)C(OC3CC(C)(OC)C(O)C(C)O3)C(C)C(=O)OC(CC)C(C)(O)C(O)C(C)C(=O)C(C)CC2(C)O)OC(C)CC1N(C)C.CCCCCCCCCCCCOS(=O)(=O)O. The molecule has 0 aromatic carbocycles. The quantitative estimate of drug-likeness (QED) is 0.0468. The smallest absolute Gasteiger partial charge is 0.397 e. The summed E-state index contributed by atoms with van der Waals surface area (Å²) < 4.78 is 76.6. The molecule has 0 saturated carbocycles. The summed E-state index contributed by atoms with van der Waals surface area (Å²) in [6.45, 7) is 20.3. The molecule has 18 atom stereocenters. The van der Waals surface area contributed by atoms with Gasteiger partial charge in [-0.05, 0) is 81.3 Å². The highest BCUT2D eigenvalue weighted by molar-refractivity contribution is 7.80. The predicted octanol–water partition coefficient (Wildman–Crippen LogP) is 6.47. The number of carbonyl (C=O) groups excluding carboxylic acids is 3. The van der Waals surface area contributed by atoms with Crippen LogP contribution in [-0.2, 0) is 62.1 Å². The first-order valence-corrected chi connectivity index (χ1v) is 28.0. The van der Waals surface area contributed by atoms with Gasteiger partial charge in [0.15, 0.2) is 18.7 Å². The molecular weight excluding hydrogens is 959 g/mol. The molecular formula is C52H97NO18S. The number of unbranched alkanes of at least 4 members (excludes halogenated alkanes) is 9. The predicted molar refractivity (Wildman–Crippen MR) is 270 cm³/mol. The molecule has 5 N–H and O–H groups in total. The summed E-state index contributed by atoms with van der Waals surface area (Å²) in [5.74, 6) is -5.59. The minimum Gasteiger partial charge on any atom is -0.459 e. The fourth-order valence-corrected chi connectivity index (χ4v) is 10.8. The third-order valence-electron chi connectivity index (χ3n) is 15.1. The van der Waals surface area contributed by atoms with E-state index in [1.165, 1.54) is 72.8 Å². The second-order valence-corrected chi connectivity index (χ2v) is 22.8. The van der Waals surface area contributed by atoms with E-state index in [0.29, 0.717) is 12.8 Å². The maximum Gasteiger partial charge on any atom is 0.397 e. The average Bonchev–Trinajstić information content (AvgIpc) is 3.30. The summed E-state index contributed by atoms with van der Waals surface area (Å²) in [4.78, 5) is 42.9. The second kappa shape index (κ2) is 30.1.